The molecule has 4 nitrogen and oxygen atoms in total. The quantitative estimate of drug-likeness (QED) is 0.484. The van der Waals surface area contributed by atoms with Crippen molar-refractivity contribution in [1.82, 2.24) is 9.78 Å². The molecule has 0 saturated heterocycles. The molecule has 3 aromatic carbocycles. The van der Waals surface area contributed by atoms with Crippen LogP contribution in [0.1, 0.15) is 5.56 Å². The molecule has 0 atom stereocenters. The molecule has 26 heavy (non-hydrogen) atoms. The van der Waals surface area contributed by atoms with Crippen molar-refractivity contribution in [2.24, 2.45) is 0 Å². The number of hydrogen-bond donors (Lipinski definition) is 0. The molecule has 1 heterocycles. The summed E-state index contributed by atoms with van der Waals surface area (Å²) >= 11 is 6.26. The summed E-state index contributed by atoms with van der Waals surface area (Å²) in [6, 6.07) is 21.6. The van der Waals surface area contributed by atoms with Crippen molar-refractivity contribution in [1.29, 1.82) is 0 Å². The fraction of sp³-hybridized carbons (Fsp3) is 0.0952. The molecule has 130 valence electrons. The van der Waals surface area contributed by atoms with E-state index in [1.165, 1.54) is 0 Å². The fourth-order valence-corrected chi connectivity index (χ4v) is 3.13. The summed E-state index contributed by atoms with van der Waals surface area (Å²) in [6.45, 7) is 0.513. The molecule has 0 spiro atoms. The van der Waals surface area contributed by atoms with Gasteiger partial charge in [-0.25, -0.2) is 4.68 Å². The number of hydrogen-bond acceptors (Lipinski definition) is 3. The molecule has 0 aliphatic carbocycles. The van der Waals surface area contributed by atoms with Crippen molar-refractivity contribution < 1.29 is 9.47 Å². The van der Waals surface area contributed by atoms with E-state index in [2.05, 4.69) is 5.10 Å². The maximum atomic E-state index is 6.26. The van der Waals surface area contributed by atoms with Crippen molar-refractivity contribution in [3.63, 3.8) is 0 Å². The Balaban J connectivity index is 1.68. The number of halogens is 1. The van der Waals surface area contributed by atoms with Crippen LogP contribution in [0.3, 0.4) is 0 Å². The largest absolute Gasteiger partial charge is 0.495 e. The van der Waals surface area contributed by atoms with Crippen LogP contribution in [-0.4, -0.2) is 16.9 Å². The van der Waals surface area contributed by atoms with E-state index in [1.54, 1.807) is 7.11 Å². The Morgan fingerprint density at radius 3 is 2.58 bits per heavy atom. The number of fused-ring (bicyclic) bond motifs is 1. The third-order valence-corrected chi connectivity index (χ3v) is 4.49. The zero-order chi connectivity index (χ0) is 17.9. The highest BCUT2D eigenvalue weighted by atomic mass is 35.5. The SMILES string of the molecule is COc1ccc(-n2ncc3c(OCc4ccccc4)cccc32)cc1Cl. The maximum absolute atomic E-state index is 6.26. The molecule has 0 radical (unpaired) electrons. The minimum atomic E-state index is 0.513. The molecule has 0 N–H and O–H groups in total. The highest BCUT2D eigenvalue weighted by Gasteiger charge is 2.11. The van der Waals surface area contributed by atoms with Gasteiger partial charge in [0.1, 0.15) is 18.1 Å². The molecule has 0 bridgehead atoms. The van der Waals surface area contributed by atoms with E-state index >= 15 is 0 Å². The summed E-state index contributed by atoms with van der Waals surface area (Å²) in [5.74, 6) is 1.44. The van der Waals surface area contributed by atoms with E-state index in [0.717, 1.165) is 27.9 Å². The van der Waals surface area contributed by atoms with Gasteiger partial charge in [-0.2, -0.15) is 5.10 Å². The number of benzene rings is 3. The lowest BCUT2D eigenvalue weighted by Crippen LogP contribution is -1.97. The van der Waals surface area contributed by atoms with Crippen LogP contribution in [0.15, 0.2) is 72.9 Å². The van der Waals surface area contributed by atoms with Crippen LogP contribution in [0.5, 0.6) is 11.5 Å². The predicted molar refractivity (Wildman–Crippen MR) is 103 cm³/mol. The van der Waals surface area contributed by atoms with Crippen molar-refractivity contribution in [3.05, 3.63) is 83.5 Å². The molecule has 0 unspecified atom stereocenters. The lowest BCUT2D eigenvalue weighted by Gasteiger charge is -2.09. The fourth-order valence-electron chi connectivity index (χ4n) is 2.88. The number of rotatable bonds is 5. The van der Waals surface area contributed by atoms with Gasteiger partial charge in [0.2, 0.25) is 0 Å². The normalized spacial score (nSPS) is 10.8. The Kier molecular flexibility index (Phi) is 4.50. The van der Waals surface area contributed by atoms with E-state index < -0.39 is 0 Å². The van der Waals surface area contributed by atoms with Crippen LogP contribution in [0.25, 0.3) is 16.6 Å². The number of aromatic nitrogens is 2. The van der Waals surface area contributed by atoms with E-state index in [4.69, 9.17) is 21.1 Å². The van der Waals surface area contributed by atoms with Gasteiger partial charge in [0.05, 0.1) is 34.9 Å². The Hall–Kier alpha value is -2.98. The molecular formula is C21H17ClN2O2. The van der Waals surface area contributed by atoms with E-state index in [9.17, 15) is 0 Å². The van der Waals surface area contributed by atoms with Crippen LogP contribution in [0, 0.1) is 0 Å². The zero-order valence-corrected chi connectivity index (χ0v) is 15.0. The zero-order valence-electron chi connectivity index (χ0n) is 14.2. The molecular weight excluding hydrogens is 348 g/mol. The van der Waals surface area contributed by atoms with Gasteiger partial charge in [-0.3, -0.25) is 0 Å². The summed E-state index contributed by atoms with van der Waals surface area (Å²) < 4.78 is 13.1. The molecule has 4 aromatic rings. The van der Waals surface area contributed by atoms with Gasteiger partial charge in [0.25, 0.3) is 0 Å². The third kappa shape index (κ3) is 3.11. The number of nitrogens with zero attached hydrogens (tertiary/aromatic N) is 2. The van der Waals surface area contributed by atoms with Crippen LogP contribution in [0.4, 0.5) is 0 Å². The minimum Gasteiger partial charge on any atom is -0.495 e. The van der Waals surface area contributed by atoms with Crippen LogP contribution < -0.4 is 9.47 Å². The first-order valence-electron chi connectivity index (χ1n) is 8.23. The standard InChI is InChI=1S/C21H17ClN2O2/c1-25-21-11-10-16(12-18(21)22)24-19-8-5-9-20(17(19)13-23-24)26-14-15-6-3-2-4-7-15/h2-13H,14H2,1H3. The lowest BCUT2D eigenvalue weighted by molar-refractivity contribution is 0.310. The minimum absolute atomic E-state index is 0.513. The topological polar surface area (TPSA) is 36.3 Å². The first-order chi connectivity index (χ1) is 12.8. The summed E-state index contributed by atoms with van der Waals surface area (Å²) in [6.07, 6.45) is 1.81. The lowest BCUT2D eigenvalue weighted by atomic mass is 10.2. The maximum Gasteiger partial charge on any atom is 0.137 e. The van der Waals surface area contributed by atoms with Gasteiger partial charge in [0.15, 0.2) is 0 Å². The van der Waals surface area contributed by atoms with Gasteiger partial charge in [0, 0.05) is 0 Å². The summed E-state index contributed by atoms with van der Waals surface area (Å²) in [7, 11) is 1.60. The molecule has 0 fully saturated rings. The highest BCUT2D eigenvalue weighted by molar-refractivity contribution is 6.32. The van der Waals surface area contributed by atoms with Gasteiger partial charge in [-0.15, -0.1) is 0 Å². The third-order valence-electron chi connectivity index (χ3n) is 4.19. The van der Waals surface area contributed by atoms with Crippen molar-refractivity contribution in [2.45, 2.75) is 6.61 Å². The van der Waals surface area contributed by atoms with Gasteiger partial charge in [-0.05, 0) is 35.9 Å². The second-order valence-corrected chi connectivity index (χ2v) is 6.25. The Labute approximate surface area is 156 Å². The van der Waals surface area contributed by atoms with Crippen LogP contribution in [-0.2, 0) is 6.61 Å². The number of ether oxygens (including phenoxy) is 2. The van der Waals surface area contributed by atoms with E-state index in [1.807, 2.05) is 77.6 Å². The van der Waals surface area contributed by atoms with Gasteiger partial charge < -0.3 is 9.47 Å². The molecule has 0 amide bonds. The van der Waals surface area contributed by atoms with Crippen molar-refractivity contribution in [2.75, 3.05) is 7.11 Å². The summed E-state index contributed by atoms with van der Waals surface area (Å²) in [5.41, 5.74) is 2.95. The van der Waals surface area contributed by atoms with E-state index in [0.29, 0.717) is 17.4 Å². The second-order valence-electron chi connectivity index (χ2n) is 5.84. The van der Waals surface area contributed by atoms with Crippen molar-refractivity contribution in [3.8, 4) is 17.2 Å². The molecule has 1 aromatic heterocycles. The second kappa shape index (κ2) is 7.10. The molecule has 4 rings (SSSR count). The average Bonchev–Trinajstić information content (AvgIpc) is 3.12. The molecule has 0 aliphatic rings. The molecule has 0 saturated carbocycles. The molecule has 5 heteroatoms. The van der Waals surface area contributed by atoms with Gasteiger partial charge >= 0.3 is 0 Å². The van der Waals surface area contributed by atoms with Gasteiger partial charge in [-0.1, -0.05) is 48.0 Å². The summed E-state index contributed by atoms with van der Waals surface area (Å²) in [4.78, 5) is 0. The monoisotopic (exact) mass is 364 g/mol. The number of methoxy groups -OCH3 is 1. The predicted octanol–water partition coefficient (Wildman–Crippen LogP) is 5.27. The van der Waals surface area contributed by atoms with Crippen LogP contribution in [0.2, 0.25) is 5.02 Å². The highest BCUT2D eigenvalue weighted by Crippen LogP contribution is 2.31. The molecule has 0 aliphatic heterocycles. The Bertz CT molecular complexity index is 1040. The Morgan fingerprint density at radius 2 is 1.81 bits per heavy atom. The summed E-state index contributed by atoms with van der Waals surface area (Å²) in [5, 5.41) is 6.02. The first kappa shape index (κ1) is 16.5. The first-order valence-corrected chi connectivity index (χ1v) is 8.61. The van der Waals surface area contributed by atoms with Crippen molar-refractivity contribution >= 4 is 22.5 Å². The average molecular weight is 365 g/mol. The smallest absolute Gasteiger partial charge is 0.137 e. The van der Waals surface area contributed by atoms with E-state index in [-0.39, 0.29) is 0 Å². The Morgan fingerprint density at radius 1 is 0.962 bits per heavy atom. The van der Waals surface area contributed by atoms with Crippen LogP contribution >= 0.6 is 11.6 Å².